The normalized spacial score (nSPS) is 23.7. The van der Waals surface area contributed by atoms with Gasteiger partial charge in [0.15, 0.2) is 0 Å². The lowest BCUT2D eigenvalue weighted by Crippen LogP contribution is -2.15. The van der Waals surface area contributed by atoms with Crippen LogP contribution in [-0.4, -0.2) is 25.5 Å². The van der Waals surface area contributed by atoms with Gasteiger partial charge in [0.2, 0.25) is 0 Å². The molecule has 1 saturated heterocycles. The van der Waals surface area contributed by atoms with Gasteiger partial charge >= 0.3 is 0 Å². The Balaban J connectivity index is 2.13. The molecule has 0 aromatic rings. The Morgan fingerprint density at radius 2 is 2.36 bits per heavy atom. The van der Waals surface area contributed by atoms with E-state index in [9.17, 15) is 4.79 Å². The largest absolute Gasteiger partial charge is 0.381 e. The maximum atomic E-state index is 11.6. The molecule has 1 rings (SSSR count). The summed E-state index contributed by atoms with van der Waals surface area (Å²) in [6, 6.07) is 0. The van der Waals surface area contributed by atoms with Crippen LogP contribution < -0.4 is 5.73 Å². The Morgan fingerprint density at radius 3 is 2.93 bits per heavy atom. The summed E-state index contributed by atoms with van der Waals surface area (Å²) in [7, 11) is 0. The maximum absolute atomic E-state index is 11.6. The number of carbonyl (C=O) groups excluding carboxylic acids is 1. The van der Waals surface area contributed by atoms with Gasteiger partial charge < -0.3 is 10.5 Å². The fourth-order valence-corrected chi connectivity index (χ4v) is 1.81. The second kappa shape index (κ2) is 6.14. The summed E-state index contributed by atoms with van der Waals surface area (Å²) in [5.74, 6) is 1.14. The van der Waals surface area contributed by atoms with Crippen molar-refractivity contribution < 1.29 is 9.53 Å². The highest BCUT2D eigenvalue weighted by Gasteiger charge is 2.23. The first kappa shape index (κ1) is 11.7. The monoisotopic (exact) mass is 199 g/mol. The van der Waals surface area contributed by atoms with Gasteiger partial charge in [0, 0.05) is 18.9 Å². The minimum absolute atomic E-state index is 0.181. The van der Waals surface area contributed by atoms with Gasteiger partial charge in [-0.05, 0) is 31.7 Å². The van der Waals surface area contributed by atoms with Crippen LogP contribution in [0.1, 0.15) is 32.6 Å². The zero-order valence-corrected chi connectivity index (χ0v) is 9.00. The smallest absolute Gasteiger partial charge is 0.138 e. The molecule has 0 amide bonds. The van der Waals surface area contributed by atoms with Gasteiger partial charge in [-0.1, -0.05) is 6.92 Å². The summed E-state index contributed by atoms with van der Waals surface area (Å²) in [6.07, 6.45) is 3.63. The van der Waals surface area contributed by atoms with Crippen LogP contribution in [0.25, 0.3) is 0 Å². The van der Waals surface area contributed by atoms with E-state index in [1.807, 2.05) is 0 Å². The van der Waals surface area contributed by atoms with Crippen LogP contribution in [0.15, 0.2) is 0 Å². The summed E-state index contributed by atoms with van der Waals surface area (Å²) < 4.78 is 5.19. The van der Waals surface area contributed by atoms with E-state index in [0.29, 0.717) is 24.7 Å². The number of nitrogens with two attached hydrogens (primary N) is 1. The third-order valence-corrected chi connectivity index (χ3v) is 2.93. The lowest BCUT2D eigenvalue weighted by Gasteiger charge is -2.10. The molecule has 0 aromatic heterocycles. The van der Waals surface area contributed by atoms with Crippen LogP contribution in [0.3, 0.4) is 0 Å². The van der Waals surface area contributed by atoms with Crippen molar-refractivity contribution in [3.63, 3.8) is 0 Å². The molecular formula is C11H21NO2. The van der Waals surface area contributed by atoms with Gasteiger partial charge in [0.05, 0.1) is 6.61 Å². The quantitative estimate of drug-likeness (QED) is 0.702. The van der Waals surface area contributed by atoms with E-state index >= 15 is 0 Å². The Hall–Kier alpha value is -0.410. The first-order valence-electron chi connectivity index (χ1n) is 5.54. The number of carbonyl (C=O) groups is 1. The minimum Gasteiger partial charge on any atom is -0.381 e. The summed E-state index contributed by atoms with van der Waals surface area (Å²) in [5.41, 5.74) is 5.45. The summed E-state index contributed by atoms with van der Waals surface area (Å²) in [4.78, 5) is 11.6. The Bertz CT molecular complexity index is 176. The van der Waals surface area contributed by atoms with E-state index in [-0.39, 0.29) is 5.92 Å². The van der Waals surface area contributed by atoms with Crippen molar-refractivity contribution in [2.45, 2.75) is 32.6 Å². The van der Waals surface area contributed by atoms with Gasteiger partial charge in [-0.25, -0.2) is 0 Å². The van der Waals surface area contributed by atoms with E-state index in [1.165, 1.54) is 0 Å². The van der Waals surface area contributed by atoms with Crippen LogP contribution >= 0.6 is 0 Å². The topological polar surface area (TPSA) is 52.3 Å². The Kier molecular flexibility index (Phi) is 5.12. The number of ether oxygens (including phenoxy) is 1. The SMILES string of the molecule is CC(CCN)CCC(=O)C1CCOC1. The Morgan fingerprint density at radius 1 is 1.57 bits per heavy atom. The van der Waals surface area contributed by atoms with E-state index in [1.54, 1.807) is 0 Å². The van der Waals surface area contributed by atoms with Crippen LogP contribution in [0.2, 0.25) is 0 Å². The molecule has 2 unspecified atom stereocenters. The molecule has 3 heteroatoms. The molecule has 0 saturated carbocycles. The van der Waals surface area contributed by atoms with E-state index < -0.39 is 0 Å². The van der Waals surface area contributed by atoms with Gasteiger partial charge in [-0.15, -0.1) is 0 Å². The summed E-state index contributed by atoms with van der Waals surface area (Å²) in [6.45, 7) is 4.28. The van der Waals surface area contributed by atoms with E-state index in [0.717, 1.165) is 32.4 Å². The second-order valence-electron chi connectivity index (χ2n) is 4.25. The third kappa shape index (κ3) is 3.76. The zero-order valence-electron chi connectivity index (χ0n) is 9.00. The molecule has 0 bridgehead atoms. The van der Waals surface area contributed by atoms with Gasteiger partial charge in [0.1, 0.15) is 5.78 Å². The minimum atomic E-state index is 0.181. The molecule has 0 radical (unpaired) electrons. The second-order valence-corrected chi connectivity index (χ2v) is 4.25. The summed E-state index contributed by atoms with van der Waals surface area (Å²) >= 11 is 0. The lowest BCUT2D eigenvalue weighted by molar-refractivity contribution is -0.123. The number of ketones is 1. The standard InChI is InChI=1S/C11H21NO2/c1-9(4-6-12)2-3-11(13)10-5-7-14-8-10/h9-10H,2-8,12H2,1H3. The molecule has 3 nitrogen and oxygen atoms in total. The van der Waals surface area contributed by atoms with Crippen LogP contribution in [0.4, 0.5) is 0 Å². The van der Waals surface area contributed by atoms with Gasteiger partial charge in [-0.2, -0.15) is 0 Å². The highest BCUT2D eigenvalue weighted by molar-refractivity contribution is 5.81. The molecule has 2 atom stereocenters. The maximum Gasteiger partial charge on any atom is 0.138 e. The number of hydrogen-bond donors (Lipinski definition) is 1. The van der Waals surface area contributed by atoms with Gasteiger partial charge in [-0.3, -0.25) is 4.79 Å². The predicted octanol–water partition coefficient (Wildman–Crippen LogP) is 1.36. The highest BCUT2D eigenvalue weighted by atomic mass is 16.5. The number of hydrogen-bond acceptors (Lipinski definition) is 3. The predicted molar refractivity (Wildman–Crippen MR) is 56.0 cm³/mol. The number of rotatable bonds is 6. The molecule has 1 fully saturated rings. The van der Waals surface area contributed by atoms with Crippen molar-refractivity contribution in [3.8, 4) is 0 Å². The molecule has 1 aliphatic rings. The molecule has 14 heavy (non-hydrogen) atoms. The third-order valence-electron chi connectivity index (χ3n) is 2.93. The lowest BCUT2D eigenvalue weighted by atomic mass is 9.94. The van der Waals surface area contributed by atoms with E-state index in [4.69, 9.17) is 10.5 Å². The molecule has 1 aliphatic heterocycles. The molecular weight excluding hydrogens is 178 g/mol. The fraction of sp³-hybridized carbons (Fsp3) is 0.909. The van der Waals surface area contributed by atoms with Crippen molar-refractivity contribution in [3.05, 3.63) is 0 Å². The molecule has 2 N–H and O–H groups in total. The van der Waals surface area contributed by atoms with Crippen molar-refractivity contribution in [1.29, 1.82) is 0 Å². The highest BCUT2D eigenvalue weighted by Crippen LogP contribution is 2.18. The molecule has 0 aliphatic carbocycles. The zero-order chi connectivity index (χ0) is 10.4. The van der Waals surface area contributed by atoms with Crippen molar-refractivity contribution in [1.82, 2.24) is 0 Å². The summed E-state index contributed by atoms with van der Waals surface area (Å²) in [5, 5.41) is 0. The van der Waals surface area contributed by atoms with Crippen LogP contribution in [0, 0.1) is 11.8 Å². The average molecular weight is 199 g/mol. The fourth-order valence-electron chi connectivity index (χ4n) is 1.81. The van der Waals surface area contributed by atoms with Crippen molar-refractivity contribution in [2.75, 3.05) is 19.8 Å². The van der Waals surface area contributed by atoms with Gasteiger partial charge in [0.25, 0.3) is 0 Å². The van der Waals surface area contributed by atoms with Crippen molar-refractivity contribution >= 4 is 5.78 Å². The van der Waals surface area contributed by atoms with Crippen molar-refractivity contribution in [2.24, 2.45) is 17.6 Å². The van der Waals surface area contributed by atoms with Crippen LogP contribution in [0.5, 0.6) is 0 Å². The first-order chi connectivity index (χ1) is 6.74. The van der Waals surface area contributed by atoms with Crippen LogP contribution in [-0.2, 0) is 9.53 Å². The molecule has 0 aromatic carbocycles. The molecule has 0 spiro atoms. The molecule has 82 valence electrons. The number of Topliss-reactive ketones (excluding diaryl/α,β-unsaturated/α-hetero) is 1. The van der Waals surface area contributed by atoms with E-state index in [2.05, 4.69) is 6.92 Å². The Labute approximate surface area is 86.0 Å². The first-order valence-corrected chi connectivity index (χ1v) is 5.54. The average Bonchev–Trinajstić information content (AvgIpc) is 2.67. The molecule has 1 heterocycles.